The molecule has 2 N–H and O–H groups in total. The summed E-state index contributed by atoms with van der Waals surface area (Å²) >= 11 is 0. The molecule has 1 heterocycles. The fourth-order valence-corrected chi connectivity index (χ4v) is 2.22. The van der Waals surface area contributed by atoms with Gasteiger partial charge in [-0.25, -0.2) is 4.79 Å². The van der Waals surface area contributed by atoms with Crippen LogP contribution in [0.2, 0.25) is 0 Å². The molecule has 0 saturated carbocycles. The molecular weight excluding hydrogens is 294 g/mol. The van der Waals surface area contributed by atoms with E-state index in [0.717, 1.165) is 5.69 Å². The molecule has 1 aliphatic rings. The summed E-state index contributed by atoms with van der Waals surface area (Å²) in [6.45, 7) is 7.60. The zero-order valence-corrected chi connectivity index (χ0v) is 14.0. The molecule has 1 unspecified atom stereocenters. The van der Waals surface area contributed by atoms with Crippen LogP contribution in [0.1, 0.15) is 20.8 Å². The molecule has 6 nitrogen and oxygen atoms in total. The second-order valence-corrected chi connectivity index (χ2v) is 6.90. The smallest absolute Gasteiger partial charge is 0.314 e. The van der Waals surface area contributed by atoms with Gasteiger partial charge in [0.2, 0.25) is 0 Å². The van der Waals surface area contributed by atoms with Crippen LogP contribution in [0, 0.1) is 5.41 Å². The Hall–Kier alpha value is -2.08. The van der Waals surface area contributed by atoms with Crippen molar-refractivity contribution in [1.29, 1.82) is 0 Å². The molecular formula is C17H25N3O3. The topological polar surface area (TPSA) is 70.7 Å². The third-order valence-corrected chi connectivity index (χ3v) is 3.47. The zero-order valence-electron chi connectivity index (χ0n) is 14.0. The lowest BCUT2D eigenvalue weighted by molar-refractivity contribution is -0.129. The van der Waals surface area contributed by atoms with Crippen molar-refractivity contribution in [2.24, 2.45) is 5.41 Å². The highest BCUT2D eigenvalue weighted by Gasteiger charge is 2.27. The van der Waals surface area contributed by atoms with Crippen LogP contribution in [-0.2, 0) is 9.53 Å². The Kier molecular flexibility index (Phi) is 5.60. The third-order valence-electron chi connectivity index (χ3n) is 3.47. The van der Waals surface area contributed by atoms with Crippen LogP contribution in [0.5, 0.6) is 0 Å². The number of ether oxygens (including phenoxy) is 1. The lowest BCUT2D eigenvalue weighted by Gasteiger charge is -2.33. The van der Waals surface area contributed by atoms with Crippen LogP contribution in [0.4, 0.5) is 10.5 Å². The molecule has 23 heavy (non-hydrogen) atoms. The molecule has 1 aromatic carbocycles. The van der Waals surface area contributed by atoms with Crippen molar-refractivity contribution in [2.45, 2.75) is 26.9 Å². The number of carbonyl (C=O) groups excluding carboxylic acids is 2. The molecule has 3 amide bonds. The number of anilines is 1. The highest BCUT2D eigenvalue weighted by atomic mass is 16.5. The van der Waals surface area contributed by atoms with Crippen molar-refractivity contribution in [3.8, 4) is 0 Å². The van der Waals surface area contributed by atoms with E-state index in [4.69, 9.17) is 4.74 Å². The number of rotatable bonds is 4. The predicted molar refractivity (Wildman–Crippen MR) is 89.4 cm³/mol. The van der Waals surface area contributed by atoms with E-state index in [9.17, 15) is 9.59 Å². The summed E-state index contributed by atoms with van der Waals surface area (Å²) in [5, 5.41) is 5.63. The lowest BCUT2D eigenvalue weighted by Crippen LogP contribution is -2.52. The number of carbonyl (C=O) groups is 2. The fraction of sp³-hybridized carbons (Fsp3) is 0.529. The van der Waals surface area contributed by atoms with Gasteiger partial charge in [0, 0.05) is 18.8 Å². The van der Waals surface area contributed by atoms with E-state index in [1.54, 1.807) is 4.90 Å². The van der Waals surface area contributed by atoms with Crippen molar-refractivity contribution in [3.05, 3.63) is 30.3 Å². The molecule has 126 valence electrons. The van der Waals surface area contributed by atoms with Gasteiger partial charge in [0.15, 0.2) is 0 Å². The van der Waals surface area contributed by atoms with Gasteiger partial charge < -0.3 is 20.3 Å². The van der Waals surface area contributed by atoms with Gasteiger partial charge in [-0.05, 0) is 17.5 Å². The van der Waals surface area contributed by atoms with Gasteiger partial charge in [0.05, 0.1) is 12.6 Å². The van der Waals surface area contributed by atoms with Crippen LogP contribution < -0.4 is 15.5 Å². The van der Waals surface area contributed by atoms with Gasteiger partial charge in [-0.2, -0.15) is 0 Å². The number of nitrogens with zero attached hydrogens (tertiary/aromatic N) is 1. The molecule has 0 aliphatic carbocycles. The number of morpholine rings is 1. The summed E-state index contributed by atoms with van der Waals surface area (Å²) in [6, 6.07) is 9.27. The van der Waals surface area contributed by atoms with Crippen molar-refractivity contribution >= 4 is 17.6 Å². The Morgan fingerprint density at radius 2 is 1.96 bits per heavy atom. The maximum atomic E-state index is 12.0. The first-order valence-corrected chi connectivity index (χ1v) is 7.84. The summed E-state index contributed by atoms with van der Waals surface area (Å²) in [4.78, 5) is 25.5. The normalized spacial score (nSPS) is 18.7. The van der Waals surface area contributed by atoms with Crippen LogP contribution in [0.15, 0.2) is 30.3 Å². The first-order chi connectivity index (χ1) is 10.8. The number of urea groups is 1. The minimum absolute atomic E-state index is 0.0326. The Morgan fingerprint density at radius 1 is 1.26 bits per heavy atom. The van der Waals surface area contributed by atoms with Crippen molar-refractivity contribution in [2.75, 3.05) is 31.1 Å². The van der Waals surface area contributed by atoms with Gasteiger partial charge in [0.1, 0.15) is 6.61 Å². The van der Waals surface area contributed by atoms with Gasteiger partial charge in [-0.15, -0.1) is 0 Å². The van der Waals surface area contributed by atoms with Crippen LogP contribution in [0.25, 0.3) is 0 Å². The second kappa shape index (κ2) is 7.46. The molecule has 1 aromatic rings. The first-order valence-electron chi connectivity index (χ1n) is 7.84. The average molecular weight is 319 g/mol. The van der Waals surface area contributed by atoms with Crippen molar-refractivity contribution < 1.29 is 14.3 Å². The quantitative estimate of drug-likeness (QED) is 0.888. The van der Waals surface area contributed by atoms with E-state index >= 15 is 0 Å². The highest BCUT2D eigenvalue weighted by Crippen LogP contribution is 2.17. The van der Waals surface area contributed by atoms with E-state index in [0.29, 0.717) is 19.6 Å². The molecule has 0 radical (unpaired) electrons. The van der Waals surface area contributed by atoms with E-state index in [1.807, 2.05) is 30.3 Å². The molecule has 0 bridgehead atoms. The van der Waals surface area contributed by atoms with Gasteiger partial charge in [-0.3, -0.25) is 4.79 Å². The second-order valence-electron chi connectivity index (χ2n) is 6.90. The summed E-state index contributed by atoms with van der Waals surface area (Å²) in [5.74, 6) is -0.0652. The number of amides is 3. The van der Waals surface area contributed by atoms with Gasteiger partial charge in [0.25, 0.3) is 5.91 Å². The van der Waals surface area contributed by atoms with E-state index in [1.165, 1.54) is 0 Å². The van der Waals surface area contributed by atoms with Crippen LogP contribution in [0.3, 0.4) is 0 Å². The fourth-order valence-electron chi connectivity index (χ4n) is 2.22. The average Bonchev–Trinajstić information content (AvgIpc) is 2.52. The number of para-hydroxylation sites is 1. The Morgan fingerprint density at radius 3 is 2.61 bits per heavy atom. The summed E-state index contributed by atoms with van der Waals surface area (Å²) in [7, 11) is 0. The minimum atomic E-state index is -0.216. The molecule has 1 fully saturated rings. The van der Waals surface area contributed by atoms with Crippen molar-refractivity contribution in [3.63, 3.8) is 0 Å². The Bertz CT molecular complexity index is 540. The van der Waals surface area contributed by atoms with Crippen molar-refractivity contribution in [1.82, 2.24) is 10.6 Å². The SMILES string of the molecule is CC(C)(C)CNC(=O)NCC1CN(c2ccccc2)C(=O)CO1. The van der Waals surface area contributed by atoms with Crippen LogP contribution in [-0.4, -0.2) is 44.3 Å². The molecule has 0 aromatic heterocycles. The predicted octanol–water partition coefficient (Wildman–Crippen LogP) is 1.76. The summed E-state index contributed by atoms with van der Waals surface area (Å²) in [6.07, 6.45) is -0.215. The maximum Gasteiger partial charge on any atom is 0.314 e. The molecule has 1 aliphatic heterocycles. The van der Waals surface area contributed by atoms with Gasteiger partial charge >= 0.3 is 6.03 Å². The maximum absolute atomic E-state index is 12.0. The molecule has 1 atom stereocenters. The largest absolute Gasteiger partial charge is 0.365 e. The molecule has 6 heteroatoms. The van der Waals surface area contributed by atoms with Crippen LogP contribution >= 0.6 is 0 Å². The zero-order chi connectivity index (χ0) is 16.9. The highest BCUT2D eigenvalue weighted by molar-refractivity contribution is 5.94. The number of hydrogen-bond donors (Lipinski definition) is 2. The van der Waals surface area contributed by atoms with Gasteiger partial charge in [-0.1, -0.05) is 39.0 Å². The number of hydrogen-bond acceptors (Lipinski definition) is 3. The lowest BCUT2D eigenvalue weighted by atomic mass is 9.97. The standard InChI is InChI=1S/C17H25N3O3/c1-17(2,3)12-19-16(22)18-9-14-10-20(15(21)11-23-14)13-7-5-4-6-8-13/h4-8,14H,9-12H2,1-3H3,(H2,18,19,22). The third kappa shape index (κ3) is 5.56. The molecule has 0 spiro atoms. The molecule has 1 saturated heterocycles. The summed E-state index contributed by atoms with van der Waals surface area (Å²) < 4.78 is 5.50. The van der Waals surface area contributed by atoms with E-state index in [-0.39, 0.29) is 30.1 Å². The summed E-state index contributed by atoms with van der Waals surface area (Å²) in [5.41, 5.74) is 0.887. The van der Waals surface area contributed by atoms with E-state index < -0.39 is 0 Å². The number of benzene rings is 1. The number of nitrogens with one attached hydrogen (secondary N) is 2. The Balaban J connectivity index is 1.82. The Labute approximate surface area is 137 Å². The monoisotopic (exact) mass is 319 g/mol. The van der Waals surface area contributed by atoms with E-state index in [2.05, 4.69) is 31.4 Å². The minimum Gasteiger partial charge on any atom is -0.365 e. The molecule has 2 rings (SSSR count). The first kappa shape index (κ1) is 17.3.